The third kappa shape index (κ3) is 3.20. The van der Waals surface area contributed by atoms with Crippen LogP contribution >= 0.6 is 0 Å². The standard InChI is InChI=1S/C15H16N6O/c1-11-4-3-5-12(6-11)8-21-10-16-15(19-21)18-14(22)13-7-17-20(2)9-13/h3-7,9-10H,8H2,1-2H3,(H,18,19,22). The van der Waals surface area contributed by atoms with E-state index < -0.39 is 0 Å². The molecule has 0 spiro atoms. The van der Waals surface area contributed by atoms with Crippen LogP contribution in [0.25, 0.3) is 0 Å². The predicted octanol–water partition coefficient (Wildman–Crippen LogP) is 1.62. The van der Waals surface area contributed by atoms with Gasteiger partial charge in [-0.05, 0) is 12.5 Å². The van der Waals surface area contributed by atoms with E-state index in [2.05, 4.69) is 26.6 Å². The summed E-state index contributed by atoms with van der Waals surface area (Å²) in [6.45, 7) is 2.65. The molecule has 7 nitrogen and oxygen atoms in total. The monoisotopic (exact) mass is 296 g/mol. The fraction of sp³-hybridized carbons (Fsp3) is 0.200. The lowest BCUT2D eigenvalue weighted by Gasteiger charge is -2.02. The molecule has 2 aromatic heterocycles. The molecule has 0 radical (unpaired) electrons. The molecule has 0 saturated heterocycles. The second-order valence-corrected chi connectivity index (χ2v) is 5.11. The Labute approximate surface area is 127 Å². The molecule has 112 valence electrons. The highest BCUT2D eigenvalue weighted by molar-refractivity contribution is 6.02. The van der Waals surface area contributed by atoms with Crippen LogP contribution in [0.3, 0.4) is 0 Å². The molecule has 1 N–H and O–H groups in total. The van der Waals surface area contributed by atoms with E-state index in [1.807, 2.05) is 25.1 Å². The fourth-order valence-electron chi connectivity index (χ4n) is 2.14. The summed E-state index contributed by atoms with van der Waals surface area (Å²) in [4.78, 5) is 16.1. The zero-order chi connectivity index (χ0) is 15.5. The molecule has 0 unspecified atom stereocenters. The van der Waals surface area contributed by atoms with E-state index in [0.717, 1.165) is 5.56 Å². The predicted molar refractivity (Wildman–Crippen MR) is 81.5 cm³/mol. The Morgan fingerprint density at radius 2 is 2.23 bits per heavy atom. The van der Waals surface area contributed by atoms with Crippen molar-refractivity contribution in [3.63, 3.8) is 0 Å². The van der Waals surface area contributed by atoms with Crippen LogP contribution in [0.5, 0.6) is 0 Å². The SMILES string of the molecule is Cc1cccc(Cn2cnc(NC(=O)c3cnn(C)c3)n2)c1. The maximum atomic E-state index is 12.0. The Balaban J connectivity index is 1.67. The molecule has 0 aliphatic carbocycles. The van der Waals surface area contributed by atoms with Gasteiger partial charge in [0.15, 0.2) is 0 Å². The van der Waals surface area contributed by atoms with E-state index in [-0.39, 0.29) is 11.9 Å². The van der Waals surface area contributed by atoms with Gasteiger partial charge >= 0.3 is 0 Å². The highest BCUT2D eigenvalue weighted by atomic mass is 16.1. The number of nitrogens with one attached hydrogen (secondary N) is 1. The molecule has 22 heavy (non-hydrogen) atoms. The first-order valence-electron chi connectivity index (χ1n) is 6.85. The molecule has 0 atom stereocenters. The van der Waals surface area contributed by atoms with E-state index in [1.165, 1.54) is 11.8 Å². The smallest absolute Gasteiger partial charge is 0.261 e. The summed E-state index contributed by atoms with van der Waals surface area (Å²) in [5.74, 6) is 0.00270. The first-order valence-corrected chi connectivity index (χ1v) is 6.85. The lowest BCUT2D eigenvalue weighted by atomic mass is 10.1. The van der Waals surface area contributed by atoms with Crippen LogP contribution in [0.4, 0.5) is 5.95 Å². The largest absolute Gasteiger partial charge is 0.289 e. The minimum absolute atomic E-state index is 0.276. The van der Waals surface area contributed by atoms with Crippen molar-refractivity contribution in [3.05, 3.63) is 59.7 Å². The van der Waals surface area contributed by atoms with Crippen LogP contribution in [0.15, 0.2) is 43.0 Å². The Bertz CT molecular complexity index is 804. The number of anilines is 1. The van der Waals surface area contributed by atoms with Crippen molar-refractivity contribution >= 4 is 11.9 Å². The maximum absolute atomic E-state index is 12.0. The number of nitrogens with zero attached hydrogens (tertiary/aromatic N) is 5. The van der Waals surface area contributed by atoms with Gasteiger partial charge in [0.1, 0.15) is 6.33 Å². The van der Waals surface area contributed by atoms with Crippen LogP contribution in [0.2, 0.25) is 0 Å². The van der Waals surface area contributed by atoms with Crippen molar-refractivity contribution < 1.29 is 4.79 Å². The van der Waals surface area contributed by atoms with Gasteiger partial charge in [-0.25, -0.2) is 9.67 Å². The Morgan fingerprint density at radius 1 is 1.36 bits per heavy atom. The van der Waals surface area contributed by atoms with Crippen molar-refractivity contribution in [2.24, 2.45) is 7.05 Å². The minimum Gasteiger partial charge on any atom is -0.289 e. The van der Waals surface area contributed by atoms with Crippen molar-refractivity contribution in [2.45, 2.75) is 13.5 Å². The highest BCUT2D eigenvalue weighted by Crippen LogP contribution is 2.07. The van der Waals surface area contributed by atoms with Gasteiger partial charge < -0.3 is 0 Å². The number of carbonyl (C=O) groups excluding carboxylic acids is 1. The molecule has 0 bridgehead atoms. The number of hydrogen-bond acceptors (Lipinski definition) is 4. The van der Waals surface area contributed by atoms with Crippen LogP contribution in [-0.4, -0.2) is 30.5 Å². The van der Waals surface area contributed by atoms with E-state index in [9.17, 15) is 4.79 Å². The normalized spacial score (nSPS) is 10.6. The van der Waals surface area contributed by atoms with E-state index in [0.29, 0.717) is 12.1 Å². The topological polar surface area (TPSA) is 77.6 Å². The molecule has 2 heterocycles. The molecule has 3 rings (SSSR count). The van der Waals surface area contributed by atoms with Gasteiger partial charge in [-0.3, -0.25) is 14.8 Å². The quantitative estimate of drug-likeness (QED) is 0.793. The third-order valence-electron chi connectivity index (χ3n) is 3.16. The lowest BCUT2D eigenvalue weighted by Crippen LogP contribution is -2.12. The van der Waals surface area contributed by atoms with Crippen LogP contribution in [0.1, 0.15) is 21.5 Å². The van der Waals surface area contributed by atoms with Crippen LogP contribution < -0.4 is 5.32 Å². The summed E-state index contributed by atoms with van der Waals surface area (Å²) in [7, 11) is 1.76. The average molecular weight is 296 g/mol. The van der Waals surface area contributed by atoms with Crippen LogP contribution in [0, 0.1) is 6.92 Å². The maximum Gasteiger partial charge on any atom is 0.261 e. The van der Waals surface area contributed by atoms with E-state index in [1.54, 1.807) is 28.9 Å². The van der Waals surface area contributed by atoms with Crippen molar-refractivity contribution in [1.29, 1.82) is 0 Å². The third-order valence-corrected chi connectivity index (χ3v) is 3.16. The number of aromatic nitrogens is 5. The lowest BCUT2D eigenvalue weighted by molar-refractivity contribution is 0.102. The molecular formula is C15H16N6O. The molecule has 0 saturated carbocycles. The molecule has 1 aromatic carbocycles. The number of carbonyl (C=O) groups is 1. The second kappa shape index (κ2) is 5.80. The molecule has 1 amide bonds. The number of hydrogen-bond donors (Lipinski definition) is 1. The summed E-state index contributed by atoms with van der Waals surface area (Å²) in [6, 6.07) is 8.18. The zero-order valence-electron chi connectivity index (χ0n) is 12.4. The van der Waals surface area contributed by atoms with Gasteiger partial charge in [0.25, 0.3) is 5.91 Å². The Hall–Kier alpha value is -2.96. The summed E-state index contributed by atoms with van der Waals surface area (Å²) in [5.41, 5.74) is 2.80. The fourth-order valence-corrected chi connectivity index (χ4v) is 2.14. The summed E-state index contributed by atoms with van der Waals surface area (Å²) < 4.78 is 3.26. The summed E-state index contributed by atoms with van der Waals surface area (Å²) >= 11 is 0. The Kier molecular flexibility index (Phi) is 3.69. The molecule has 7 heteroatoms. The number of aryl methyl sites for hydroxylation is 2. The van der Waals surface area contributed by atoms with Gasteiger partial charge in [0, 0.05) is 13.2 Å². The van der Waals surface area contributed by atoms with Crippen molar-refractivity contribution in [3.8, 4) is 0 Å². The van der Waals surface area contributed by atoms with Crippen molar-refractivity contribution in [2.75, 3.05) is 5.32 Å². The Morgan fingerprint density at radius 3 is 2.95 bits per heavy atom. The number of amides is 1. The van der Waals surface area contributed by atoms with Gasteiger partial charge in [-0.15, -0.1) is 5.10 Å². The first-order chi connectivity index (χ1) is 10.6. The van der Waals surface area contributed by atoms with E-state index in [4.69, 9.17) is 0 Å². The molecule has 0 aliphatic rings. The summed E-state index contributed by atoms with van der Waals surface area (Å²) in [5, 5.41) is 10.9. The van der Waals surface area contributed by atoms with Gasteiger partial charge in [-0.2, -0.15) is 5.10 Å². The minimum atomic E-state index is -0.276. The number of benzene rings is 1. The highest BCUT2D eigenvalue weighted by Gasteiger charge is 2.10. The molecule has 0 aliphatic heterocycles. The first kappa shape index (κ1) is 14.0. The van der Waals surface area contributed by atoms with Gasteiger partial charge in [0.05, 0.1) is 18.3 Å². The second-order valence-electron chi connectivity index (χ2n) is 5.11. The summed E-state index contributed by atoms with van der Waals surface area (Å²) in [6.07, 6.45) is 4.74. The van der Waals surface area contributed by atoms with Crippen LogP contribution in [-0.2, 0) is 13.6 Å². The number of rotatable bonds is 4. The van der Waals surface area contributed by atoms with Gasteiger partial charge in [0.2, 0.25) is 5.95 Å². The average Bonchev–Trinajstić information content (AvgIpc) is 3.08. The van der Waals surface area contributed by atoms with Crippen molar-refractivity contribution in [1.82, 2.24) is 24.5 Å². The van der Waals surface area contributed by atoms with Gasteiger partial charge in [-0.1, -0.05) is 29.8 Å². The zero-order valence-corrected chi connectivity index (χ0v) is 12.4. The molecule has 3 aromatic rings. The van der Waals surface area contributed by atoms with E-state index >= 15 is 0 Å². The molecule has 0 fully saturated rings. The molecular weight excluding hydrogens is 280 g/mol.